The minimum absolute atomic E-state index is 0.394. The topological polar surface area (TPSA) is 41.9 Å². The molecule has 0 aliphatic rings. The predicted octanol–water partition coefficient (Wildman–Crippen LogP) is 2.62. The molecule has 0 N–H and O–H groups in total. The zero-order valence-electron chi connectivity index (χ0n) is 9.72. The Labute approximate surface area is 109 Å². The van der Waals surface area contributed by atoms with Crippen molar-refractivity contribution in [2.75, 3.05) is 11.9 Å². The van der Waals surface area contributed by atoms with Gasteiger partial charge in [0.15, 0.2) is 0 Å². The molecule has 2 rings (SSSR count). The SMILES string of the molecule is Cc1ncsc1CN(C)c1cnc(CCl)cn1. The molecule has 4 nitrogen and oxygen atoms in total. The maximum atomic E-state index is 5.67. The van der Waals surface area contributed by atoms with Gasteiger partial charge in [-0.3, -0.25) is 4.98 Å². The quantitative estimate of drug-likeness (QED) is 0.800. The van der Waals surface area contributed by atoms with E-state index in [0.29, 0.717) is 5.88 Å². The Morgan fingerprint density at radius 2 is 2.12 bits per heavy atom. The molecule has 0 spiro atoms. The third-order valence-electron chi connectivity index (χ3n) is 2.45. The van der Waals surface area contributed by atoms with E-state index >= 15 is 0 Å². The molecule has 2 aromatic rings. The fourth-order valence-electron chi connectivity index (χ4n) is 1.39. The van der Waals surface area contributed by atoms with Crippen LogP contribution in [0.4, 0.5) is 5.82 Å². The van der Waals surface area contributed by atoms with Gasteiger partial charge in [0, 0.05) is 11.9 Å². The standard InChI is InChI=1S/C11H13ClN4S/c1-8-10(17-7-15-8)6-16(2)11-5-13-9(3-12)4-14-11/h4-5,7H,3,6H2,1-2H3. The highest BCUT2D eigenvalue weighted by Gasteiger charge is 2.08. The highest BCUT2D eigenvalue weighted by molar-refractivity contribution is 7.09. The summed E-state index contributed by atoms with van der Waals surface area (Å²) in [6.07, 6.45) is 3.45. The number of halogens is 1. The lowest BCUT2D eigenvalue weighted by Crippen LogP contribution is -2.17. The molecule has 0 aromatic carbocycles. The molecular formula is C11H13ClN4S. The molecule has 2 heterocycles. The Bertz CT molecular complexity index is 482. The first-order chi connectivity index (χ1) is 8.20. The zero-order valence-corrected chi connectivity index (χ0v) is 11.3. The molecule has 17 heavy (non-hydrogen) atoms. The van der Waals surface area contributed by atoms with Crippen molar-refractivity contribution in [2.45, 2.75) is 19.3 Å². The van der Waals surface area contributed by atoms with Crippen LogP contribution < -0.4 is 4.90 Å². The van der Waals surface area contributed by atoms with Gasteiger partial charge in [0.05, 0.1) is 41.7 Å². The number of rotatable bonds is 4. The van der Waals surface area contributed by atoms with Crippen molar-refractivity contribution in [2.24, 2.45) is 0 Å². The van der Waals surface area contributed by atoms with E-state index in [9.17, 15) is 0 Å². The summed E-state index contributed by atoms with van der Waals surface area (Å²) < 4.78 is 0. The third kappa shape index (κ3) is 2.92. The molecule has 0 bridgehead atoms. The van der Waals surface area contributed by atoms with Crippen LogP contribution in [0, 0.1) is 6.92 Å². The highest BCUT2D eigenvalue weighted by atomic mass is 35.5. The summed E-state index contributed by atoms with van der Waals surface area (Å²) in [7, 11) is 1.99. The van der Waals surface area contributed by atoms with Crippen molar-refractivity contribution >= 4 is 28.8 Å². The second kappa shape index (κ2) is 5.42. The Morgan fingerprint density at radius 1 is 1.29 bits per heavy atom. The van der Waals surface area contributed by atoms with Gasteiger partial charge in [-0.25, -0.2) is 9.97 Å². The van der Waals surface area contributed by atoms with Gasteiger partial charge < -0.3 is 4.90 Å². The Hall–Kier alpha value is -1.20. The number of aromatic nitrogens is 3. The number of anilines is 1. The van der Waals surface area contributed by atoms with E-state index in [-0.39, 0.29) is 0 Å². The van der Waals surface area contributed by atoms with Gasteiger partial charge in [-0.05, 0) is 6.92 Å². The molecule has 0 unspecified atom stereocenters. The Kier molecular flexibility index (Phi) is 3.91. The van der Waals surface area contributed by atoms with Gasteiger partial charge in [-0.1, -0.05) is 0 Å². The third-order valence-corrected chi connectivity index (χ3v) is 3.64. The molecule has 0 amide bonds. The number of alkyl halides is 1. The van der Waals surface area contributed by atoms with Gasteiger partial charge in [0.1, 0.15) is 5.82 Å². The summed E-state index contributed by atoms with van der Waals surface area (Å²) in [5, 5.41) is 0. The van der Waals surface area contributed by atoms with Crippen LogP contribution >= 0.6 is 22.9 Å². The summed E-state index contributed by atoms with van der Waals surface area (Å²) in [4.78, 5) is 16.1. The van der Waals surface area contributed by atoms with Crippen molar-refractivity contribution in [1.29, 1.82) is 0 Å². The lowest BCUT2D eigenvalue weighted by molar-refractivity contribution is 0.887. The monoisotopic (exact) mass is 268 g/mol. The van der Waals surface area contributed by atoms with E-state index in [1.807, 2.05) is 24.4 Å². The maximum absolute atomic E-state index is 5.67. The summed E-state index contributed by atoms with van der Waals surface area (Å²) in [6, 6.07) is 0. The number of hydrogen-bond donors (Lipinski definition) is 0. The molecule has 0 aliphatic heterocycles. The first-order valence-corrected chi connectivity index (χ1v) is 6.59. The largest absolute Gasteiger partial charge is 0.353 e. The van der Waals surface area contributed by atoms with Crippen molar-refractivity contribution in [3.8, 4) is 0 Å². The number of aryl methyl sites for hydroxylation is 1. The van der Waals surface area contributed by atoms with Crippen molar-refractivity contribution in [3.05, 3.63) is 34.2 Å². The fourth-order valence-corrected chi connectivity index (χ4v) is 2.36. The van der Waals surface area contributed by atoms with Gasteiger partial charge in [0.25, 0.3) is 0 Å². The minimum Gasteiger partial charge on any atom is -0.353 e. The number of thiazole rings is 1. The predicted molar refractivity (Wildman–Crippen MR) is 70.5 cm³/mol. The summed E-state index contributed by atoms with van der Waals surface area (Å²) in [5.41, 5.74) is 3.73. The van der Waals surface area contributed by atoms with Crippen molar-refractivity contribution in [3.63, 3.8) is 0 Å². The van der Waals surface area contributed by atoms with E-state index in [4.69, 9.17) is 11.6 Å². The molecule has 0 atom stereocenters. The van der Waals surface area contributed by atoms with Crippen LogP contribution in [0.25, 0.3) is 0 Å². The van der Waals surface area contributed by atoms with Crippen LogP contribution in [0.2, 0.25) is 0 Å². The van der Waals surface area contributed by atoms with Gasteiger partial charge >= 0.3 is 0 Å². The van der Waals surface area contributed by atoms with E-state index in [0.717, 1.165) is 23.8 Å². The second-order valence-electron chi connectivity index (χ2n) is 3.72. The van der Waals surface area contributed by atoms with Crippen LogP contribution in [-0.2, 0) is 12.4 Å². The molecule has 0 saturated heterocycles. The zero-order chi connectivity index (χ0) is 12.3. The highest BCUT2D eigenvalue weighted by Crippen LogP contribution is 2.17. The average Bonchev–Trinajstić information content (AvgIpc) is 2.75. The Balaban J connectivity index is 2.09. The van der Waals surface area contributed by atoms with Crippen molar-refractivity contribution < 1.29 is 0 Å². The molecule has 0 saturated carbocycles. The Morgan fingerprint density at radius 3 is 2.65 bits per heavy atom. The smallest absolute Gasteiger partial charge is 0.147 e. The fraction of sp³-hybridized carbons (Fsp3) is 0.364. The first kappa shape index (κ1) is 12.3. The molecule has 0 fully saturated rings. The van der Waals surface area contributed by atoms with Crippen molar-refractivity contribution in [1.82, 2.24) is 15.0 Å². The van der Waals surface area contributed by atoms with Gasteiger partial charge in [-0.15, -0.1) is 22.9 Å². The minimum atomic E-state index is 0.394. The van der Waals surface area contributed by atoms with Crippen LogP contribution in [0.15, 0.2) is 17.9 Å². The summed E-state index contributed by atoms with van der Waals surface area (Å²) >= 11 is 7.33. The normalized spacial score (nSPS) is 10.5. The second-order valence-corrected chi connectivity index (χ2v) is 4.92. The van der Waals surface area contributed by atoms with Gasteiger partial charge in [0.2, 0.25) is 0 Å². The van der Waals surface area contributed by atoms with Crippen LogP contribution in [0.1, 0.15) is 16.3 Å². The summed E-state index contributed by atoms with van der Waals surface area (Å²) in [5.74, 6) is 1.23. The first-order valence-electron chi connectivity index (χ1n) is 5.17. The molecule has 2 aromatic heterocycles. The number of hydrogen-bond acceptors (Lipinski definition) is 5. The van der Waals surface area contributed by atoms with Crippen LogP contribution in [0.3, 0.4) is 0 Å². The van der Waals surface area contributed by atoms with E-state index in [1.165, 1.54) is 4.88 Å². The molecule has 0 aliphatic carbocycles. The van der Waals surface area contributed by atoms with Gasteiger partial charge in [-0.2, -0.15) is 0 Å². The molecule has 90 valence electrons. The average molecular weight is 269 g/mol. The van der Waals surface area contributed by atoms with E-state index in [2.05, 4.69) is 15.0 Å². The van der Waals surface area contributed by atoms with Crippen LogP contribution in [0.5, 0.6) is 0 Å². The molecular weight excluding hydrogens is 256 g/mol. The van der Waals surface area contributed by atoms with Crippen LogP contribution in [-0.4, -0.2) is 22.0 Å². The molecule has 6 heteroatoms. The number of nitrogens with zero attached hydrogens (tertiary/aromatic N) is 4. The lowest BCUT2D eigenvalue weighted by Gasteiger charge is -2.16. The lowest BCUT2D eigenvalue weighted by atomic mass is 10.3. The maximum Gasteiger partial charge on any atom is 0.147 e. The molecule has 0 radical (unpaired) electrons. The van der Waals surface area contributed by atoms with E-state index in [1.54, 1.807) is 23.7 Å². The van der Waals surface area contributed by atoms with E-state index < -0.39 is 0 Å². The summed E-state index contributed by atoms with van der Waals surface area (Å²) in [6.45, 7) is 2.81.